The Morgan fingerprint density at radius 3 is 2.12 bits per heavy atom. The highest BCUT2D eigenvalue weighted by molar-refractivity contribution is 6.33. The first-order valence-corrected chi connectivity index (χ1v) is 10.1. The zero-order valence-electron chi connectivity index (χ0n) is 17.3. The van der Waals surface area contributed by atoms with Crippen molar-refractivity contribution in [2.45, 2.75) is 13.3 Å². The molecule has 2 aromatic carbocycles. The standard InChI is InChI=1S/C21H20ClF4N3O3/c1-3-14(30)29-8-6-28(7-9-29)13-5-4-11(10-12(13)22)27-21(31)15-16(23)18(25)20(32-2)19(26)17(15)24/h4-5,10H,3,6-9H2,1-2H3,(H,27,31). The third kappa shape index (κ3) is 4.45. The molecular weight excluding hydrogens is 454 g/mol. The van der Waals surface area contributed by atoms with Crippen LogP contribution in [-0.2, 0) is 4.79 Å². The summed E-state index contributed by atoms with van der Waals surface area (Å²) in [5, 5.41) is 2.43. The van der Waals surface area contributed by atoms with Crippen LogP contribution in [0.25, 0.3) is 0 Å². The van der Waals surface area contributed by atoms with E-state index in [9.17, 15) is 27.2 Å². The number of carbonyl (C=O) groups is 2. The highest BCUT2D eigenvalue weighted by atomic mass is 35.5. The molecule has 1 heterocycles. The molecule has 2 aromatic rings. The average Bonchev–Trinajstić information content (AvgIpc) is 2.78. The predicted molar refractivity (Wildman–Crippen MR) is 111 cm³/mol. The van der Waals surface area contributed by atoms with Crippen LogP contribution in [0.4, 0.5) is 28.9 Å². The second-order valence-electron chi connectivity index (χ2n) is 7.01. The summed E-state index contributed by atoms with van der Waals surface area (Å²) >= 11 is 6.31. The van der Waals surface area contributed by atoms with Gasteiger partial charge in [0, 0.05) is 38.3 Å². The quantitative estimate of drug-likeness (QED) is 0.522. The molecule has 0 saturated carbocycles. The largest absolute Gasteiger partial charge is 0.491 e. The number of rotatable bonds is 5. The lowest BCUT2D eigenvalue weighted by molar-refractivity contribution is -0.131. The Labute approximate surface area is 186 Å². The molecule has 3 rings (SSSR count). The molecule has 2 amide bonds. The van der Waals surface area contributed by atoms with Crippen molar-refractivity contribution < 1.29 is 31.9 Å². The Balaban J connectivity index is 1.77. The van der Waals surface area contributed by atoms with E-state index in [1.165, 1.54) is 12.1 Å². The summed E-state index contributed by atoms with van der Waals surface area (Å²) in [7, 11) is 0.838. The Kier molecular flexibility index (Phi) is 7.12. The number of halogens is 5. The zero-order chi connectivity index (χ0) is 23.6. The summed E-state index contributed by atoms with van der Waals surface area (Å²) in [5.74, 6) is -9.96. The lowest BCUT2D eigenvalue weighted by atomic mass is 10.1. The van der Waals surface area contributed by atoms with E-state index in [1.54, 1.807) is 17.9 Å². The van der Waals surface area contributed by atoms with Crippen molar-refractivity contribution in [3.05, 3.63) is 52.1 Å². The average molecular weight is 474 g/mol. The van der Waals surface area contributed by atoms with Gasteiger partial charge in [-0.05, 0) is 18.2 Å². The van der Waals surface area contributed by atoms with E-state index in [0.29, 0.717) is 38.3 Å². The number of nitrogens with one attached hydrogen (secondary N) is 1. The summed E-state index contributed by atoms with van der Waals surface area (Å²) in [6.45, 7) is 3.98. The maximum atomic E-state index is 14.2. The van der Waals surface area contributed by atoms with Crippen LogP contribution in [0, 0.1) is 23.3 Å². The Bertz CT molecular complexity index is 1030. The maximum absolute atomic E-state index is 14.2. The second-order valence-corrected chi connectivity index (χ2v) is 7.41. The van der Waals surface area contributed by atoms with Gasteiger partial charge in [-0.1, -0.05) is 18.5 Å². The van der Waals surface area contributed by atoms with Gasteiger partial charge in [0.25, 0.3) is 5.91 Å². The normalized spacial score (nSPS) is 13.8. The van der Waals surface area contributed by atoms with Crippen LogP contribution >= 0.6 is 11.6 Å². The van der Waals surface area contributed by atoms with Gasteiger partial charge < -0.3 is 19.9 Å². The molecule has 11 heteroatoms. The Morgan fingerprint density at radius 2 is 1.62 bits per heavy atom. The van der Waals surface area contributed by atoms with Gasteiger partial charge in [-0.15, -0.1) is 0 Å². The van der Waals surface area contributed by atoms with Crippen LogP contribution in [0.15, 0.2) is 18.2 Å². The zero-order valence-corrected chi connectivity index (χ0v) is 18.0. The third-order valence-electron chi connectivity index (χ3n) is 5.14. The van der Waals surface area contributed by atoms with Gasteiger partial charge in [0.1, 0.15) is 5.56 Å². The molecule has 1 fully saturated rings. The molecule has 1 N–H and O–H groups in total. The lowest BCUT2D eigenvalue weighted by Gasteiger charge is -2.36. The van der Waals surface area contributed by atoms with Gasteiger partial charge in [0.2, 0.25) is 17.5 Å². The van der Waals surface area contributed by atoms with E-state index in [4.69, 9.17) is 11.6 Å². The molecule has 0 spiro atoms. The fourth-order valence-electron chi connectivity index (χ4n) is 3.45. The molecule has 0 aliphatic carbocycles. The van der Waals surface area contributed by atoms with Gasteiger partial charge in [0.15, 0.2) is 17.4 Å². The van der Waals surface area contributed by atoms with Gasteiger partial charge in [-0.2, -0.15) is 8.78 Å². The number of carbonyl (C=O) groups excluding carboxylic acids is 2. The van der Waals surface area contributed by atoms with Crippen LogP contribution in [0.2, 0.25) is 5.02 Å². The smallest absolute Gasteiger partial charge is 0.261 e. The number of benzene rings is 2. The number of ether oxygens (including phenoxy) is 1. The topological polar surface area (TPSA) is 61.9 Å². The highest BCUT2D eigenvalue weighted by Crippen LogP contribution is 2.32. The molecule has 0 aromatic heterocycles. The van der Waals surface area contributed by atoms with Crippen molar-refractivity contribution in [3.63, 3.8) is 0 Å². The summed E-state index contributed by atoms with van der Waals surface area (Å²) in [6.07, 6.45) is 0.429. The van der Waals surface area contributed by atoms with Crippen molar-refractivity contribution >= 4 is 34.8 Å². The monoisotopic (exact) mass is 473 g/mol. The van der Waals surface area contributed by atoms with E-state index < -0.39 is 40.5 Å². The molecule has 6 nitrogen and oxygen atoms in total. The molecular formula is C21H20ClF4N3O3. The van der Waals surface area contributed by atoms with Gasteiger partial charge in [-0.3, -0.25) is 9.59 Å². The minimum atomic E-state index is -1.87. The summed E-state index contributed by atoms with van der Waals surface area (Å²) in [6, 6.07) is 4.39. The number of methoxy groups -OCH3 is 1. The number of nitrogens with zero attached hydrogens (tertiary/aromatic N) is 2. The first-order chi connectivity index (χ1) is 15.2. The summed E-state index contributed by atoms with van der Waals surface area (Å²) in [4.78, 5) is 27.8. The fraction of sp³-hybridized carbons (Fsp3) is 0.333. The molecule has 0 radical (unpaired) electrons. The number of anilines is 2. The van der Waals surface area contributed by atoms with Crippen LogP contribution in [0.3, 0.4) is 0 Å². The van der Waals surface area contributed by atoms with E-state index in [-0.39, 0.29) is 16.6 Å². The van der Waals surface area contributed by atoms with E-state index in [1.807, 2.05) is 4.90 Å². The fourth-order valence-corrected chi connectivity index (χ4v) is 3.75. The van der Waals surface area contributed by atoms with Gasteiger partial charge >= 0.3 is 0 Å². The second kappa shape index (κ2) is 9.64. The van der Waals surface area contributed by atoms with Crippen LogP contribution in [-0.4, -0.2) is 50.0 Å². The highest BCUT2D eigenvalue weighted by Gasteiger charge is 2.30. The van der Waals surface area contributed by atoms with Gasteiger partial charge in [0.05, 0.1) is 17.8 Å². The minimum Gasteiger partial charge on any atom is -0.491 e. The van der Waals surface area contributed by atoms with Crippen molar-refractivity contribution in [3.8, 4) is 5.75 Å². The molecule has 1 aliphatic rings. The predicted octanol–water partition coefficient (Wildman–Crippen LogP) is 4.22. The molecule has 0 bridgehead atoms. The third-order valence-corrected chi connectivity index (χ3v) is 5.44. The SMILES string of the molecule is CCC(=O)N1CCN(c2ccc(NC(=O)c3c(F)c(F)c(OC)c(F)c3F)cc2Cl)CC1. The molecule has 172 valence electrons. The van der Waals surface area contributed by atoms with Crippen molar-refractivity contribution in [1.82, 2.24) is 4.90 Å². The van der Waals surface area contributed by atoms with Crippen molar-refractivity contribution in [1.29, 1.82) is 0 Å². The molecule has 32 heavy (non-hydrogen) atoms. The first kappa shape index (κ1) is 23.6. The number of piperazine rings is 1. The van der Waals surface area contributed by atoms with E-state index in [0.717, 1.165) is 7.11 Å². The Morgan fingerprint density at radius 1 is 1.03 bits per heavy atom. The van der Waals surface area contributed by atoms with E-state index in [2.05, 4.69) is 10.1 Å². The lowest BCUT2D eigenvalue weighted by Crippen LogP contribution is -2.48. The van der Waals surface area contributed by atoms with Crippen LogP contribution in [0.5, 0.6) is 5.75 Å². The van der Waals surface area contributed by atoms with Crippen molar-refractivity contribution in [2.24, 2.45) is 0 Å². The number of amides is 2. The summed E-state index contributed by atoms with van der Waals surface area (Å²) < 4.78 is 60.4. The maximum Gasteiger partial charge on any atom is 0.261 e. The van der Waals surface area contributed by atoms with Gasteiger partial charge in [-0.25, -0.2) is 8.78 Å². The first-order valence-electron chi connectivity index (χ1n) is 9.73. The molecule has 0 unspecified atom stereocenters. The van der Waals surface area contributed by atoms with Crippen molar-refractivity contribution in [2.75, 3.05) is 43.5 Å². The molecule has 0 atom stereocenters. The Hall–Kier alpha value is -3.01. The van der Waals surface area contributed by atoms with Crippen LogP contribution in [0.1, 0.15) is 23.7 Å². The summed E-state index contributed by atoms with van der Waals surface area (Å²) in [5.41, 5.74) is -0.705. The van der Waals surface area contributed by atoms with Crippen LogP contribution < -0.4 is 15.0 Å². The molecule has 1 saturated heterocycles. The minimum absolute atomic E-state index is 0.0685. The number of hydrogen-bond acceptors (Lipinski definition) is 4. The number of hydrogen-bond donors (Lipinski definition) is 1. The molecule has 1 aliphatic heterocycles. The van der Waals surface area contributed by atoms with E-state index >= 15 is 0 Å².